The Morgan fingerprint density at radius 3 is 2.56 bits per heavy atom. The summed E-state index contributed by atoms with van der Waals surface area (Å²) in [6.45, 7) is 2.65. The molecule has 0 amide bonds. The van der Waals surface area contributed by atoms with Gasteiger partial charge in [-0.2, -0.15) is 0 Å². The molecule has 1 aromatic heterocycles. The number of benzene rings is 1. The lowest BCUT2D eigenvalue weighted by atomic mass is 10.1. The van der Waals surface area contributed by atoms with Crippen LogP contribution in [0.25, 0.3) is 10.9 Å². The van der Waals surface area contributed by atoms with Crippen LogP contribution < -0.4 is 15.2 Å². The Balaban J connectivity index is 2.70. The normalized spacial score (nSPS) is 10.7. The molecule has 4 nitrogen and oxygen atoms in total. The largest absolute Gasteiger partial charge is 0.497 e. The quantitative estimate of drug-likeness (QED) is 0.897. The number of fused-ring (bicyclic) bond motifs is 1. The lowest BCUT2D eigenvalue weighted by Crippen LogP contribution is -2.05. The fourth-order valence-electron chi connectivity index (χ4n) is 2.05. The van der Waals surface area contributed by atoms with Crippen LogP contribution in [0.5, 0.6) is 11.5 Å². The summed E-state index contributed by atoms with van der Waals surface area (Å²) in [6, 6.07) is 5.89. The Morgan fingerprint density at radius 2 is 1.94 bits per heavy atom. The predicted molar refractivity (Wildman–Crippen MR) is 72.3 cm³/mol. The second kappa shape index (κ2) is 5.23. The summed E-state index contributed by atoms with van der Waals surface area (Å²) in [7, 11) is 3.28. The van der Waals surface area contributed by atoms with Gasteiger partial charge in [-0.05, 0) is 31.2 Å². The number of hydrogen-bond donors (Lipinski definition) is 1. The topological polar surface area (TPSA) is 57.4 Å². The summed E-state index contributed by atoms with van der Waals surface area (Å²) in [4.78, 5) is 4.61. The average Bonchev–Trinajstić information content (AvgIpc) is 2.38. The van der Waals surface area contributed by atoms with Crippen LogP contribution in [-0.4, -0.2) is 25.7 Å². The maximum atomic E-state index is 5.58. The van der Waals surface area contributed by atoms with Crippen molar-refractivity contribution >= 4 is 10.9 Å². The second-order valence-electron chi connectivity index (χ2n) is 4.19. The lowest BCUT2D eigenvalue weighted by Gasteiger charge is -2.11. The monoisotopic (exact) mass is 246 g/mol. The van der Waals surface area contributed by atoms with E-state index >= 15 is 0 Å². The van der Waals surface area contributed by atoms with Crippen molar-refractivity contribution in [3.8, 4) is 11.5 Å². The van der Waals surface area contributed by atoms with E-state index in [9.17, 15) is 0 Å². The van der Waals surface area contributed by atoms with Gasteiger partial charge in [0.25, 0.3) is 0 Å². The number of aromatic nitrogens is 1. The Kier molecular flexibility index (Phi) is 3.67. The molecule has 0 aliphatic carbocycles. The van der Waals surface area contributed by atoms with E-state index in [1.165, 1.54) is 0 Å². The Bertz CT molecular complexity index is 567. The third-order valence-corrected chi connectivity index (χ3v) is 2.97. The van der Waals surface area contributed by atoms with E-state index < -0.39 is 0 Å². The molecule has 1 aromatic carbocycles. The molecule has 2 rings (SSSR count). The molecule has 0 aliphatic heterocycles. The SMILES string of the molecule is COc1cc(OC)c2nc(CCN)cc(C)c2c1. The van der Waals surface area contributed by atoms with Crippen LogP contribution in [0.4, 0.5) is 0 Å². The summed E-state index contributed by atoms with van der Waals surface area (Å²) in [5.41, 5.74) is 8.59. The van der Waals surface area contributed by atoms with E-state index in [0.717, 1.165) is 40.1 Å². The van der Waals surface area contributed by atoms with Crippen LogP contribution in [0.1, 0.15) is 11.3 Å². The summed E-state index contributed by atoms with van der Waals surface area (Å²) >= 11 is 0. The van der Waals surface area contributed by atoms with Crippen LogP contribution >= 0.6 is 0 Å². The molecule has 0 aliphatic rings. The van der Waals surface area contributed by atoms with Gasteiger partial charge in [0.05, 0.1) is 14.2 Å². The zero-order valence-corrected chi connectivity index (χ0v) is 11.0. The Labute approximate surface area is 107 Å². The molecular weight excluding hydrogens is 228 g/mol. The summed E-state index contributed by atoms with van der Waals surface area (Å²) in [5, 5.41) is 1.05. The molecule has 0 spiro atoms. The van der Waals surface area contributed by atoms with Gasteiger partial charge in [0.1, 0.15) is 17.0 Å². The van der Waals surface area contributed by atoms with Gasteiger partial charge in [-0.15, -0.1) is 0 Å². The molecule has 0 saturated carbocycles. The minimum Gasteiger partial charge on any atom is -0.497 e. The highest BCUT2D eigenvalue weighted by molar-refractivity contribution is 5.89. The van der Waals surface area contributed by atoms with E-state index in [0.29, 0.717) is 6.54 Å². The molecule has 0 saturated heterocycles. The molecule has 4 heteroatoms. The third kappa shape index (κ3) is 2.24. The first-order valence-corrected chi connectivity index (χ1v) is 5.92. The van der Waals surface area contributed by atoms with Gasteiger partial charge in [-0.3, -0.25) is 0 Å². The molecule has 0 bridgehead atoms. The van der Waals surface area contributed by atoms with Crippen molar-refractivity contribution < 1.29 is 9.47 Å². The maximum Gasteiger partial charge on any atom is 0.148 e. The minimum atomic E-state index is 0.594. The molecule has 2 aromatic rings. The van der Waals surface area contributed by atoms with Crippen LogP contribution in [0.15, 0.2) is 18.2 Å². The molecule has 2 N–H and O–H groups in total. The first kappa shape index (κ1) is 12.6. The van der Waals surface area contributed by atoms with Crippen LogP contribution in [0.3, 0.4) is 0 Å². The van der Waals surface area contributed by atoms with E-state index in [1.54, 1.807) is 14.2 Å². The number of nitrogens with two attached hydrogens (primary N) is 1. The number of methoxy groups -OCH3 is 2. The van der Waals surface area contributed by atoms with Crippen molar-refractivity contribution in [2.75, 3.05) is 20.8 Å². The van der Waals surface area contributed by atoms with Gasteiger partial charge in [-0.1, -0.05) is 0 Å². The number of rotatable bonds is 4. The molecule has 0 fully saturated rings. The summed E-state index contributed by atoms with van der Waals surface area (Å²) < 4.78 is 10.7. The summed E-state index contributed by atoms with van der Waals surface area (Å²) in [5.74, 6) is 1.50. The first-order chi connectivity index (χ1) is 8.69. The molecule has 0 radical (unpaired) electrons. The van der Waals surface area contributed by atoms with Gasteiger partial charge in [0, 0.05) is 23.6 Å². The fraction of sp³-hybridized carbons (Fsp3) is 0.357. The van der Waals surface area contributed by atoms with Crippen LogP contribution in [-0.2, 0) is 6.42 Å². The highest BCUT2D eigenvalue weighted by Gasteiger charge is 2.10. The Hall–Kier alpha value is -1.81. The van der Waals surface area contributed by atoms with Crippen molar-refractivity contribution in [3.63, 3.8) is 0 Å². The predicted octanol–water partition coefficient (Wildman–Crippen LogP) is 2.06. The average molecular weight is 246 g/mol. The highest BCUT2D eigenvalue weighted by atomic mass is 16.5. The molecule has 18 heavy (non-hydrogen) atoms. The Morgan fingerprint density at radius 1 is 1.17 bits per heavy atom. The highest BCUT2D eigenvalue weighted by Crippen LogP contribution is 2.31. The van der Waals surface area contributed by atoms with Crippen molar-refractivity contribution in [3.05, 3.63) is 29.5 Å². The maximum absolute atomic E-state index is 5.58. The van der Waals surface area contributed by atoms with E-state index in [2.05, 4.69) is 18.0 Å². The number of aryl methyl sites for hydroxylation is 1. The molecule has 1 heterocycles. The van der Waals surface area contributed by atoms with Gasteiger partial charge in [-0.25, -0.2) is 4.98 Å². The third-order valence-electron chi connectivity index (χ3n) is 2.97. The molecular formula is C14H18N2O2. The van der Waals surface area contributed by atoms with Crippen LogP contribution in [0, 0.1) is 6.92 Å². The zero-order valence-electron chi connectivity index (χ0n) is 11.0. The zero-order chi connectivity index (χ0) is 13.1. The minimum absolute atomic E-state index is 0.594. The van der Waals surface area contributed by atoms with Gasteiger partial charge >= 0.3 is 0 Å². The van der Waals surface area contributed by atoms with Gasteiger partial charge in [0.15, 0.2) is 0 Å². The number of hydrogen-bond acceptors (Lipinski definition) is 4. The number of pyridine rings is 1. The van der Waals surface area contributed by atoms with Crippen molar-refractivity contribution in [2.24, 2.45) is 5.73 Å². The lowest BCUT2D eigenvalue weighted by molar-refractivity contribution is 0.397. The first-order valence-electron chi connectivity index (χ1n) is 5.92. The summed E-state index contributed by atoms with van der Waals surface area (Å²) in [6.07, 6.45) is 0.770. The number of nitrogens with zero attached hydrogens (tertiary/aromatic N) is 1. The standard InChI is InChI=1S/C14H18N2O2/c1-9-6-10(4-5-15)16-14-12(9)7-11(17-2)8-13(14)18-3/h6-8H,4-5,15H2,1-3H3. The van der Waals surface area contributed by atoms with Crippen LogP contribution in [0.2, 0.25) is 0 Å². The van der Waals surface area contributed by atoms with Crippen molar-refractivity contribution in [2.45, 2.75) is 13.3 Å². The van der Waals surface area contributed by atoms with E-state index in [4.69, 9.17) is 15.2 Å². The van der Waals surface area contributed by atoms with E-state index in [1.807, 2.05) is 12.1 Å². The van der Waals surface area contributed by atoms with Gasteiger partial charge in [0.2, 0.25) is 0 Å². The van der Waals surface area contributed by atoms with Gasteiger partial charge < -0.3 is 15.2 Å². The van der Waals surface area contributed by atoms with Crippen molar-refractivity contribution in [1.82, 2.24) is 4.98 Å². The van der Waals surface area contributed by atoms with Crippen molar-refractivity contribution in [1.29, 1.82) is 0 Å². The number of ether oxygens (including phenoxy) is 2. The fourth-order valence-corrected chi connectivity index (χ4v) is 2.05. The molecule has 0 atom stereocenters. The second-order valence-corrected chi connectivity index (χ2v) is 4.19. The smallest absolute Gasteiger partial charge is 0.148 e. The molecule has 96 valence electrons. The van der Waals surface area contributed by atoms with E-state index in [-0.39, 0.29) is 0 Å². The molecule has 0 unspecified atom stereocenters.